The van der Waals surface area contributed by atoms with E-state index in [2.05, 4.69) is 29.1 Å². The van der Waals surface area contributed by atoms with Crippen LogP contribution in [0.15, 0.2) is 79.0 Å². The van der Waals surface area contributed by atoms with Gasteiger partial charge in [0.15, 0.2) is 5.82 Å². The number of likely N-dealkylation sites (N-methyl/N-ethyl adjacent to an activating group) is 1. The van der Waals surface area contributed by atoms with Gasteiger partial charge in [-0.1, -0.05) is 48.5 Å². The molecule has 2 aromatic carbocycles. The van der Waals surface area contributed by atoms with Crippen LogP contribution in [-0.2, 0) is 6.42 Å². The Bertz CT molecular complexity index is 1000. The Morgan fingerprint density at radius 3 is 2.38 bits per heavy atom. The van der Waals surface area contributed by atoms with E-state index in [1.54, 1.807) is 0 Å². The third kappa shape index (κ3) is 3.40. The van der Waals surface area contributed by atoms with Gasteiger partial charge < -0.3 is 4.90 Å². The molecule has 0 bridgehead atoms. The van der Waals surface area contributed by atoms with Gasteiger partial charge in [-0.25, -0.2) is 9.97 Å². The van der Waals surface area contributed by atoms with E-state index in [1.165, 1.54) is 0 Å². The Morgan fingerprint density at radius 1 is 0.808 bits per heavy atom. The predicted octanol–water partition coefficient (Wildman–Crippen LogP) is 4.37. The van der Waals surface area contributed by atoms with E-state index in [0.717, 1.165) is 46.8 Å². The predicted molar refractivity (Wildman–Crippen MR) is 106 cm³/mol. The van der Waals surface area contributed by atoms with Crippen molar-refractivity contribution >= 4 is 16.7 Å². The summed E-state index contributed by atoms with van der Waals surface area (Å²) in [6.45, 7) is 0.840. The maximum atomic E-state index is 4.88. The van der Waals surface area contributed by atoms with Crippen molar-refractivity contribution in [2.45, 2.75) is 6.42 Å². The zero-order valence-electron chi connectivity index (χ0n) is 14.7. The Balaban J connectivity index is 1.70. The molecule has 0 spiro atoms. The first-order valence-corrected chi connectivity index (χ1v) is 8.74. The molecule has 0 N–H and O–H groups in total. The van der Waals surface area contributed by atoms with Crippen molar-refractivity contribution in [3.05, 3.63) is 84.7 Å². The molecule has 2 heterocycles. The highest BCUT2D eigenvalue weighted by atomic mass is 15.2. The SMILES string of the molecule is CN(CCc1ccccn1)c1nc(-c2ccccc2)nc2ccccc12. The fraction of sp³-hybridized carbons (Fsp3) is 0.136. The fourth-order valence-electron chi connectivity index (χ4n) is 3.00. The fourth-order valence-corrected chi connectivity index (χ4v) is 3.00. The van der Waals surface area contributed by atoms with Gasteiger partial charge in [-0.3, -0.25) is 4.98 Å². The van der Waals surface area contributed by atoms with Gasteiger partial charge in [-0.05, 0) is 24.3 Å². The second-order valence-electron chi connectivity index (χ2n) is 6.25. The van der Waals surface area contributed by atoms with Crippen LogP contribution in [0.1, 0.15) is 5.69 Å². The molecule has 4 rings (SSSR count). The summed E-state index contributed by atoms with van der Waals surface area (Å²) < 4.78 is 0. The summed E-state index contributed by atoms with van der Waals surface area (Å²) in [6, 6.07) is 24.3. The van der Waals surface area contributed by atoms with Crippen LogP contribution in [0.2, 0.25) is 0 Å². The molecule has 0 aliphatic carbocycles. The highest BCUT2D eigenvalue weighted by molar-refractivity contribution is 5.91. The van der Waals surface area contributed by atoms with Gasteiger partial charge in [0, 0.05) is 42.9 Å². The summed E-state index contributed by atoms with van der Waals surface area (Å²) in [5.41, 5.74) is 3.07. The quantitative estimate of drug-likeness (QED) is 0.541. The first-order valence-electron chi connectivity index (χ1n) is 8.74. The summed E-state index contributed by atoms with van der Waals surface area (Å²) in [7, 11) is 2.08. The van der Waals surface area contributed by atoms with Gasteiger partial charge in [-0.2, -0.15) is 0 Å². The van der Waals surface area contributed by atoms with Crippen LogP contribution in [0.3, 0.4) is 0 Å². The number of pyridine rings is 1. The summed E-state index contributed by atoms with van der Waals surface area (Å²) in [4.78, 5) is 16.2. The zero-order valence-corrected chi connectivity index (χ0v) is 14.7. The van der Waals surface area contributed by atoms with E-state index in [4.69, 9.17) is 9.97 Å². The number of aromatic nitrogens is 3. The summed E-state index contributed by atoms with van der Waals surface area (Å²) in [5.74, 6) is 1.70. The Labute approximate surface area is 153 Å². The van der Waals surface area contributed by atoms with Crippen LogP contribution < -0.4 is 4.90 Å². The monoisotopic (exact) mass is 340 g/mol. The zero-order chi connectivity index (χ0) is 17.8. The minimum atomic E-state index is 0.754. The highest BCUT2D eigenvalue weighted by Gasteiger charge is 2.12. The molecule has 0 aliphatic rings. The third-order valence-corrected chi connectivity index (χ3v) is 4.41. The molecule has 0 amide bonds. The van der Waals surface area contributed by atoms with Crippen molar-refractivity contribution in [1.82, 2.24) is 15.0 Å². The van der Waals surface area contributed by atoms with Gasteiger partial charge in [0.1, 0.15) is 5.82 Å². The summed E-state index contributed by atoms with van der Waals surface area (Å²) in [5, 5.41) is 1.07. The lowest BCUT2D eigenvalue weighted by Gasteiger charge is -2.20. The van der Waals surface area contributed by atoms with Crippen molar-refractivity contribution in [2.75, 3.05) is 18.5 Å². The lowest BCUT2D eigenvalue weighted by molar-refractivity contribution is 0.841. The topological polar surface area (TPSA) is 41.9 Å². The lowest BCUT2D eigenvalue weighted by Crippen LogP contribution is -2.22. The largest absolute Gasteiger partial charge is 0.359 e. The van der Waals surface area contributed by atoms with Crippen molar-refractivity contribution in [3.63, 3.8) is 0 Å². The van der Waals surface area contributed by atoms with E-state index >= 15 is 0 Å². The minimum Gasteiger partial charge on any atom is -0.359 e. The van der Waals surface area contributed by atoms with Crippen molar-refractivity contribution < 1.29 is 0 Å². The molecule has 0 atom stereocenters. The van der Waals surface area contributed by atoms with E-state index < -0.39 is 0 Å². The molecule has 4 nitrogen and oxygen atoms in total. The number of hydrogen-bond donors (Lipinski definition) is 0. The Morgan fingerprint density at radius 2 is 1.58 bits per heavy atom. The Kier molecular flexibility index (Phi) is 4.56. The molecule has 2 aromatic heterocycles. The molecule has 0 aliphatic heterocycles. The van der Waals surface area contributed by atoms with E-state index in [9.17, 15) is 0 Å². The number of anilines is 1. The summed E-state index contributed by atoms with van der Waals surface area (Å²) >= 11 is 0. The van der Waals surface area contributed by atoms with Gasteiger partial charge in [0.05, 0.1) is 5.52 Å². The third-order valence-electron chi connectivity index (χ3n) is 4.41. The molecule has 0 radical (unpaired) electrons. The second-order valence-corrected chi connectivity index (χ2v) is 6.25. The molecule has 26 heavy (non-hydrogen) atoms. The standard InChI is InChI=1S/C22H20N4/c1-26(16-14-18-11-7-8-15-23-18)22-19-12-5-6-13-20(19)24-21(25-22)17-9-3-2-4-10-17/h2-13,15H,14,16H2,1H3. The minimum absolute atomic E-state index is 0.754. The lowest BCUT2D eigenvalue weighted by atomic mass is 10.1. The van der Waals surface area contributed by atoms with Gasteiger partial charge in [0.25, 0.3) is 0 Å². The highest BCUT2D eigenvalue weighted by Crippen LogP contribution is 2.26. The van der Waals surface area contributed by atoms with Crippen LogP contribution in [0.25, 0.3) is 22.3 Å². The number of nitrogens with zero attached hydrogens (tertiary/aromatic N) is 4. The van der Waals surface area contributed by atoms with Crippen LogP contribution in [0, 0.1) is 0 Å². The molecule has 0 saturated carbocycles. The van der Waals surface area contributed by atoms with Crippen LogP contribution in [0.4, 0.5) is 5.82 Å². The average molecular weight is 340 g/mol. The maximum Gasteiger partial charge on any atom is 0.162 e. The van der Waals surface area contributed by atoms with Crippen molar-refractivity contribution in [1.29, 1.82) is 0 Å². The molecule has 4 heteroatoms. The Hall–Kier alpha value is -3.27. The number of para-hydroxylation sites is 1. The second kappa shape index (κ2) is 7.31. The van der Waals surface area contributed by atoms with Crippen LogP contribution in [-0.4, -0.2) is 28.5 Å². The molecular formula is C22H20N4. The van der Waals surface area contributed by atoms with Gasteiger partial charge in [0.2, 0.25) is 0 Å². The molecular weight excluding hydrogens is 320 g/mol. The number of rotatable bonds is 5. The van der Waals surface area contributed by atoms with E-state index in [1.807, 2.05) is 66.9 Å². The van der Waals surface area contributed by atoms with Crippen molar-refractivity contribution in [2.24, 2.45) is 0 Å². The number of hydrogen-bond acceptors (Lipinski definition) is 4. The maximum absolute atomic E-state index is 4.88. The van der Waals surface area contributed by atoms with Gasteiger partial charge in [-0.15, -0.1) is 0 Å². The molecule has 0 saturated heterocycles. The van der Waals surface area contributed by atoms with E-state index in [0.29, 0.717) is 0 Å². The number of benzene rings is 2. The molecule has 0 unspecified atom stereocenters. The van der Waals surface area contributed by atoms with Gasteiger partial charge >= 0.3 is 0 Å². The average Bonchev–Trinajstić information content (AvgIpc) is 2.72. The summed E-state index contributed by atoms with van der Waals surface area (Å²) in [6.07, 6.45) is 2.71. The smallest absolute Gasteiger partial charge is 0.162 e. The van der Waals surface area contributed by atoms with Crippen LogP contribution in [0.5, 0.6) is 0 Å². The van der Waals surface area contributed by atoms with Crippen LogP contribution >= 0.6 is 0 Å². The van der Waals surface area contributed by atoms with Crippen molar-refractivity contribution in [3.8, 4) is 11.4 Å². The molecule has 128 valence electrons. The first-order chi connectivity index (χ1) is 12.8. The normalized spacial score (nSPS) is 10.8. The molecule has 0 fully saturated rings. The first kappa shape index (κ1) is 16.2. The van der Waals surface area contributed by atoms with E-state index in [-0.39, 0.29) is 0 Å². The molecule has 4 aromatic rings. The number of fused-ring (bicyclic) bond motifs is 1.